The Morgan fingerprint density at radius 1 is 0.644 bits per heavy atom. The summed E-state index contributed by atoms with van der Waals surface area (Å²) in [5, 5.41) is 139. The van der Waals surface area contributed by atoms with Gasteiger partial charge in [0.05, 0.1) is 44.2 Å². The minimum absolute atomic E-state index is 0.0589. The maximum atomic E-state index is 12.1. The lowest BCUT2D eigenvalue weighted by molar-refractivity contribution is -0.388. The van der Waals surface area contributed by atoms with Gasteiger partial charge in [-0.05, 0) is 106 Å². The maximum absolute atomic E-state index is 12.1. The first-order valence-corrected chi connectivity index (χ1v) is 26.8. The zero-order valence-electron chi connectivity index (χ0n) is 42.7. The molecule has 5 heterocycles. The number of ether oxygens (including phenoxy) is 9. The van der Waals surface area contributed by atoms with Crippen LogP contribution in [0.2, 0.25) is 0 Å². The maximum Gasteiger partial charge on any atom is 0.187 e. The molecule has 31 atom stereocenters. The van der Waals surface area contributed by atoms with Crippen LogP contribution in [0, 0.1) is 46.3 Å². The molecule has 1 unspecified atom stereocenters. The number of hydrogen-bond donors (Lipinski definition) is 13. The number of hydrogen-bond acceptors (Lipinski definition) is 22. The fourth-order valence-corrected chi connectivity index (χ4v) is 14.9. The van der Waals surface area contributed by atoms with Crippen molar-refractivity contribution < 1.29 is 109 Å². The van der Waals surface area contributed by atoms with Crippen molar-refractivity contribution in [3.05, 3.63) is 11.6 Å². The normalized spacial score (nSPS) is 55.5. The van der Waals surface area contributed by atoms with Crippen molar-refractivity contribution in [2.75, 3.05) is 19.8 Å². The Kier molecular flexibility index (Phi) is 16.9. The van der Waals surface area contributed by atoms with Crippen LogP contribution in [0.4, 0.5) is 0 Å². The second-order valence-corrected chi connectivity index (χ2v) is 23.8. The Hall–Kier alpha value is -1.14. The zero-order chi connectivity index (χ0) is 52.8. The summed E-state index contributed by atoms with van der Waals surface area (Å²) < 4.78 is 54.6. The van der Waals surface area contributed by atoms with Crippen molar-refractivity contribution in [3.63, 3.8) is 0 Å². The van der Waals surface area contributed by atoms with Crippen LogP contribution in [0.25, 0.3) is 0 Å². The molecular weight excluding hydrogens is 965 g/mol. The predicted octanol–water partition coefficient (Wildman–Crippen LogP) is -1.98. The largest absolute Gasteiger partial charge is 0.394 e. The molecular formula is C51H84O22. The van der Waals surface area contributed by atoms with E-state index in [2.05, 4.69) is 26.8 Å². The van der Waals surface area contributed by atoms with Gasteiger partial charge in [0.1, 0.15) is 85.5 Å². The van der Waals surface area contributed by atoms with Gasteiger partial charge >= 0.3 is 0 Å². The highest BCUT2D eigenvalue weighted by atomic mass is 16.8. The molecule has 0 spiro atoms. The number of aliphatic hydroxyl groups excluding tert-OH is 12. The summed E-state index contributed by atoms with van der Waals surface area (Å²) in [6.07, 6.45) is -20.5. The minimum atomic E-state index is -1.75. The molecule has 4 aliphatic carbocycles. The predicted molar refractivity (Wildman–Crippen MR) is 249 cm³/mol. The molecule has 5 saturated heterocycles. The molecule has 0 bridgehead atoms. The van der Waals surface area contributed by atoms with E-state index in [1.165, 1.54) is 19.4 Å². The van der Waals surface area contributed by atoms with Crippen molar-refractivity contribution in [1.82, 2.24) is 0 Å². The summed E-state index contributed by atoms with van der Waals surface area (Å²) in [4.78, 5) is 0. The molecule has 0 radical (unpaired) electrons. The van der Waals surface area contributed by atoms with E-state index < -0.39 is 148 Å². The van der Waals surface area contributed by atoms with Gasteiger partial charge in [0, 0.05) is 12.3 Å². The van der Waals surface area contributed by atoms with E-state index in [4.69, 9.17) is 42.6 Å². The van der Waals surface area contributed by atoms with Gasteiger partial charge in [-0.1, -0.05) is 39.3 Å². The molecule has 9 rings (SSSR count). The molecule has 0 amide bonds. The molecule has 420 valence electrons. The van der Waals surface area contributed by atoms with E-state index in [9.17, 15) is 66.4 Å². The van der Waals surface area contributed by atoms with Gasteiger partial charge in [-0.2, -0.15) is 0 Å². The van der Waals surface area contributed by atoms with Gasteiger partial charge in [-0.3, -0.25) is 0 Å². The number of fused-ring (bicyclic) bond motifs is 7. The van der Waals surface area contributed by atoms with Crippen LogP contribution in [0.15, 0.2) is 11.6 Å². The van der Waals surface area contributed by atoms with Crippen LogP contribution in [0.5, 0.6) is 0 Å². The molecule has 5 aliphatic heterocycles. The van der Waals surface area contributed by atoms with Crippen LogP contribution in [0.1, 0.15) is 99.3 Å². The Morgan fingerprint density at radius 3 is 1.86 bits per heavy atom. The van der Waals surface area contributed by atoms with Gasteiger partial charge in [0.2, 0.25) is 0 Å². The fourth-order valence-electron chi connectivity index (χ4n) is 14.9. The van der Waals surface area contributed by atoms with Crippen LogP contribution in [-0.4, -0.2) is 227 Å². The number of aliphatic hydroxyl groups is 13. The smallest absolute Gasteiger partial charge is 0.187 e. The molecule has 22 nitrogen and oxygen atoms in total. The third kappa shape index (κ3) is 10.2. The van der Waals surface area contributed by atoms with E-state index in [0.29, 0.717) is 43.4 Å². The van der Waals surface area contributed by atoms with Crippen molar-refractivity contribution in [1.29, 1.82) is 0 Å². The fraction of sp³-hybridized carbons (Fsp3) is 0.961. The van der Waals surface area contributed by atoms with Crippen LogP contribution < -0.4 is 0 Å². The summed E-state index contributed by atoms with van der Waals surface area (Å²) in [5.41, 5.74) is 1.07. The highest BCUT2D eigenvalue weighted by molar-refractivity contribution is 5.26. The molecule has 22 heteroatoms. The monoisotopic (exact) mass is 1050 g/mol. The first-order chi connectivity index (χ1) is 34.5. The van der Waals surface area contributed by atoms with E-state index >= 15 is 0 Å². The lowest BCUT2D eigenvalue weighted by Gasteiger charge is -2.58. The standard InChI is InChI=1S/C51H84O22/c1-20(19-65-45-39(60)38(59)35(56)30(17-52)69-45)9-14-51(64)21(2)32-29(73-51)16-28-26-8-7-24-15-25(10-12-49(24,5)27(26)11-13-50(28,32)6)68-48-44(72-47-41(62)37(58)34(55)23(4)67-47)42(63)43(31(18-53)70-48)71-46-40(61)36(57)33(54)22(3)66-46/h7,20-23,25-48,52-64H,8-19H2,1-6H3/t20?,21-,22-,23-,25-,26+,27-,28-,29-,30+,31+,32-,33-,34-,35+,36+,37+,38-,39+,40+,41+,42-,43+,44+,45+,46-,47-,48+,49-,50-,51+/m0/s1. The summed E-state index contributed by atoms with van der Waals surface area (Å²) in [5.74, 6) is -0.232. The first kappa shape index (κ1) is 56.6. The second-order valence-electron chi connectivity index (χ2n) is 23.8. The van der Waals surface area contributed by atoms with E-state index in [-0.39, 0.29) is 41.3 Å². The summed E-state index contributed by atoms with van der Waals surface area (Å²) in [6.45, 7) is 10.7. The lowest BCUT2D eigenvalue weighted by atomic mass is 9.47. The van der Waals surface area contributed by atoms with E-state index in [1.54, 1.807) is 0 Å². The highest BCUT2D eigenvalue weighted by Gasteiger charge is 2.68. The van der Waals surface area contributed by atoms with Gasteiger partial charge in [-0.15, -0.1) is 0 Å². The van der Waals surface area contributed by atoms with Crippen molar-refractivity contribution >= 4 is 0 Å². The zero-order valence-corrected chi connectivity index (χ0v) is 42.7. The van der Waals surface area contributed by atoms with E-state index in [1.807, 2.05) is 6.92 Å². The Labute approximate surface area is 426 Å². The lowest BCUT2D eigenvalue weighted by Crippen LogP contribution is -2.66. The third-order valence-corrected chi connectivity index (χ3v) is 19.5. The SMILES string of the molecule is CC(CC[C@@]1(O)O[C@H]2C[C@H]3[C@@H]4CC=C5C[C@@H](O[C@@H]6O[C@H](CO)[C@@H](O[C@@H]7O[C@@H](C)[C@H](O)[C@@H](O)[C@H]7O)[C@H](O)[C@H]6O[C@@H]6O[C@@H](C)[C@H](O)[C@@H](O)[C@H]6O)CC[C@]5(C)[C@H]4CC[C@]3(C)[C@H]2[C@@H]1C)CO[C@@H]1O[C@H](CO)[C@@H](O)[C@H](O)[C@H]1O. The van der Waals surface area contributed by atoms with Crippen LogP contribution in [-0.2, 0) is 42.6 Å². The molecule has 0 aromatic rings. The van der Waals surface area contributed by atoms with Crippen molar-refractivity contribution in [3.8, 4) is 0 Å². The van der Waals surface area contributed by atoms with Gasteiger partial charge in [0.15, 0.2) is 30.9 Å². The minimum Gasteiger partial charge on any atom is -0.394 e. The number of allylic oxidation sites excluding steroid dienone is 1. The third-order valence-electron chi connectivity index (χ3n) is 19.5. The van der Waals surface area contributed by atoms with Crippen molar-refractivity contribution in [2.45, 2.75) is 240 Å². The van der Waals surface area contributed by atoms with Crippen LogP contribution in [0.3, 0.4) is 0 Å². The van der Waals surface area contributed by atoms with E-state index in [0.717, 1.165) is 32.1 Å². The van der Waals surface area contributed by atoms with Gasteiger partial charge in [-0.25, -0.2) is 0 Å². The molecule has 8 fully saturated rings. The summed E-state index contributed by atoms with van der Waals surface area (Å²) >= 11 is 0. The Morgan fingerprint density at radius 2 is 1.23 bits per heavy atom. The Bertz CT molecular complexity index is 1900. The average Bonchev–Trinajstić information content (AvgIpc) is 3.80. The molecule has 3 saturated carbocycles. The summed E-state index contributed by atoms with van der Waals surface area (Å²) in [6, 6.07) is 0. The van der Waals surface area contributed by atoms with Gasteiger partial charge in [0.25, 0.3) is 0 Å². The molecule has 9 aliphatic rings. The molecule has 73 heavy (non-hydrogen) atoms. The molecule has 0 aromatic carbocycles. The highest BCUT2D eigenvalue weighted by Crippen LogP contribution is 2.70. The Balaban J connectivity index is 0.846. The van der Waals surface area contributed by atoms with Crippen molar-refractivity contribution in [2.24, 2.45) is 46.3 Å². The second kappa shape index (κ2) is 21.8. The molecule has 0 aromatic heterocycles. The number of rotatable bonds is 14. The van der Waals surface area contributed by atoms with Gasteiger partial charge < -0.3 is 109 Å². The van der Waals surface area contributed by atoms with Crippen LogP contribution >= 0.6 is 0 Å². The first-order valence-electron chi connectivity index (χ1n) is 26.8. The molecule has 13 N–H and O–H groups in total. The summed E-state index contributed by atoms with van der Waals surface area (Å²) in [7, 11) is 0. The average molecular weight is 1050 g/mol. The topological polar surface area (TPSA) is 346 Å². The quantitative estimate of drug-likeness (QED) is 0.0839.